The number of hydrogen-bond acceptors (Lipinski definition) is 6. The number of carbonyl (C=O) groups is 1. The molecular weight excluding hydrogens is 551 g/mol. The van der Waals surface area contributed by atoms with Crippen LogP contribution in [0.4, 0.5) is 0 Å². The van der Waals surface area contributed by atoms with Gasteiger partial charge < -0.3 is 23.6 Å². The van der Waals surface area contributed by atoms with Crippen molar-refractivity contribution < 1.29 is 23.1 Å². The Morgan fingerprint density at radius 1 is 0.927 bits per heavy atom. The summed E-state index contributed by atoms with van der Waals surface area (Å²) in [5.41, 5.74) is 1.29. The Bertz CT molecular complexity index is 1450. The van der Waals surface area contributed by atoms with Gasteiger partial charge >= 0.3 is 5.97 Å². The SMILES string of the molecule is Cc1oc([C@H]2NC(=S)O[C@@H]2CO[Si](c2ccccc2)(c2ccccc2)C(C)(C)C)cc1C(=O)OCc1ccccc1. The fraction of sp³-hybridized carbons (Fsp3) is 0.273. The first-order chi connectivity index (χ1) is 19.7. The quantitative estimate of drug-likeness (QED) is 0.150. The second-order valence-electron chi connectivity index (χ2n) is 11.2. The van der Waals surface area contributed by atoms with Gasteiger partial charge in [0.15, 0.2) is 6.10 Å². The molecule has 212 valence electrons. The molecule has 4 aromatic rings. The number of carbonyl (C=O) groups excluding carboxylic acids is 1. The highest BCUT2D eigenvalue weighted by molar-refractivity contribution is 7.80. The first-order valence-corrected chi connectivity index (χ1v) is 16.0. The monoisotopic (exact) mass is 585 g/mol. The first kappa shape index (κ1) is 28.8. The van der Waals surface area contributed by atoms with Crippen molar-refractivity contribution in [1.29, 1.82) is 0 Å². The highest BCUT2D eigenvalue weighted by atomic mass is 32.1. The molecule has 0 unspecified atom stereocenters. The fourth-order valence-corrected chi connectivity index (χ4v) is 10.3. The Morgan fingerprint density at radius 2 is 1.49 bits per heavy atom. The number of esters is 1. The van der Waals surface area contributed by atoms with Gasteiger partial charge in [-0.25, -0.2) is 4.79 Å². The Labute approximate surface area is 247 Å². The second kappa shape index (κ2) is 12.0. The number of ether oxygens (including phenoxy) is 2. The lowest BCUT2D eigenvalue weighted by Crippen LogP contribution is -2.67. The molecule has 1 aromatic heterocycles. The average Bonchev–Trinajstić information content (AvgIpc) is 3.55. The van der Waals surface area contributed by atoms with Crippen LogP contribution in [0.5, 0.6) is 0 Å². The molecule has 1 saturated heterocycles. The van der Waals surface area contributed by atoms with Gasteiger partial charge in [-0.05, 0) is 46.2 Å². The van der Waals surface area contributed by atoms with Gasteiger partial charge in [-0.1, -0.05) is 112 Å². The maximum atomic E-state index is 12.9. The van der Waals surface area contributed by atoms with E-state index >= 15 is 0 Å². The molecule has 1 aliphatic rings. The highest BCUT2D eigenvalue weighted by Crippen LogP contribution is 2.38. The van der Waals surface area contributed by atoms with E-state index < -0.39 is 26.4 Å². The lowest BCUT2D eigenvalue weighted by molar-refractivity contribution is 0.0470. The van der Waals surface area contributed by atoms with Crippen LogP contribution in [0.15, 0.2) is 101 Å². The van der Waals surface area contributed by atoms with Crippen LogP contribution in [0.2, 0.25) is 5.04 Å². The van der Waals surface area contributed by atoms with Crippen molar-refractivity contribution in [2.45, 2.75) is 51.5 Å². The summed E-state index contributed by atoms with van der Waals surface area (Å²) in [6.45, 7) is 8.92. The van der Waals surface area contributed by atoms with Crippen molar-refractivity contribution in [2.24, 2.45) is 0 Å². The molecule has 0 bridgehead atoms. The predicted octanol–water partition coefficient (Wildman–Crippen LogP) is 5.84. The number of nitrogens with one attached hydrogen (secondary N) is 1. The van der Waals surface area contributed by atoms with Crippen LogP contribution in [-0.4, -0.2) is 32.2 Å². The van der Waals surface area contributed by atoms with E-state index in [9.17, 15) is 4.79 Å². The molecule has 0 saturated carbocycles. The van der Waals surface area contributed by atoms with Crippen LogP contribution in [-0.2, 0) is 20.5 Å². The summed E-state index contributed by atoms with van der Waals surface area (Å²) in [5, 5.41) is 5.66. The minimum atomic E-state index is -2.79. The fourth-order valence-electron chi connectivity index (χ4n) is 5.47. The van der Waals surface area contributed by atoms with Crippen molar-refractivity contribution in [3.63, 3.8) is 0 Å². The molecule has 0 radical (unpaired) electrons. The van der Waals surface area contributed by atoms with Crippen LogP contribution < -0.4 is 15.7 Å². The topological polar surface area (TPSA) is 69.9 Å². The van der Waals surface area contributed by atoms with Gasteiger partial charge in [0.25, 0.3) is 13.5 Å². The minimum absolute atomic E-state index is 0.184. The van der Waals surface area contributed by atoms with E-state index in [4.69, 9.17) is 30.5 Å². The molecule has 8 heteroatoms. The van der Waals surface area contributed by atoms with Crippen LogP contribution in [0, 0.1) is 6.92 Å². The zero-order chi connectivity index (χ0) is 29.0. The van der Waals surface area contributed by atoms with Crippen molar-refractivity contribution >= 4 is 42.1 Å². The van der Waals surface area contributed by atoms with Crippen LogP contribution >= 0.6 is 12.2 Å². The second-order valence-corrected chi connectivity index (χ2v) is 15.9. The number of hydrogen-bond donors (Lipinski definition) is 1. The number of benzene rings is 3. The summed E-state index contributed by atoms with van der Waals surface area (Å²) in [7, 11) is -2.79. The van der Waals surface area contributed by atoms with Gasteiger partial charge in [0, 0.05) is 0 Å². The Kier molecular flexibility index (Phi) is 8.44. The van der Waals surface area contributed by atoms with Gasteiger partial charge in [-0.3, -0.25) is 0 Å². The molecular formula is C33H35NO5SSi. The van der Waals surface area contributed by atoms with Crippen molar-refractivity contribution in [2.75, 3.05) is 6.61 Å². The summed E-state index contributed by atoms with van der Waals surface area (Å²) in [6, 6.07) is 31.8. The zero-order valence-corrected chi connectivity index (χ0v) is 25.6. The molecule has 41 heavy (non-hydrogen) atoms. The average molecular weight is 586 g/mol. The van der Waals surface area contributed by atoms with Crippen molar-refractivity contribution in [1.82, 2.24) is 5.32 Å². The first-order valence-electron chi connectivity index (χ1n) is 13.7. The van der Waals surface area contributed by atoms with Crippen LogP contribution in [0.3, 0.4) is 0 Å². The lowest BCUT2D eigenvalue weighted by atomic mass is 10.1. The summed E-state index contributed by atoms with van der Waals surface area (Å²) < 4.78 is 24.8. The van der Waals surface area contributed by atoms with Crippen molar-refractivity contribution in [3.8, 4) is 0 Å². The standard InChI is InChI=1S/C33H35NO5SSi/c1-23-27(31(35)36-21-24-14-8-5-9-15-24)20-28(38-23)30-29(39-32(40)34-30)22-37-41(33(2,3)4,25-16-10-6-11-17-25)26-18-12-7-13-19-26/h5-20,29-30H,21-22H2,1-4H3,(H,34,40)/t29-,30-/m1/s1. The highest BCUT2D eigenvalue weighted by Gasteiger charge is 2.51. The maximum Gasteiger partial charge on any atom is 0.342 e. The van der Waals surface area contributed by atoms with Gasteiger partial charge in [-0.15, -0.1) is 0 Å². The number of furan rings is 1. The third-order valence-electron chi connectivity index (χ3n) is 7.46. The van der Waals surface area contributed by atoms with E-state index in [1.54, 1.807) is 13.0 Å². The van der Waals surface area contributed by atoms with E-state index in [1.807, 2.05) is 42.5 Å². The molecule has 0 amide bonds. The predicted molar refractivity (Wildman–Crippen MR) is 166 cm³/mol. The summed E-state index contributed by atoms with van der Waals surface area (Å²) in [5.74, 6) is 0.581. The van der Waals surface area contributed by atoms with Crippen molar-refractivity contribution in [3.05, 3.63) is 120 Å². The third kappa shape index (κ3) is 6.00. The molecule has 0 aliphatic carbocycles. The maximum absolute atomic E-state index is 12.9. The van der Waals surface area contributed by atoms with E-state index in [-0.39, 0.29) is 23.4 Å². The van der Waals surface area contributed by atoms with Crippen LogP contribution in [0.25, 0.3) is 0 Å². The van der Waals surface area contributed by atoms with E-state index in [1.165, 1.54) is 10.4 Å². The smallest absolute Gasteiger partial charge is 0.342 e. The number of thiocarbonyl (C=S) groups is 1. The minimum Gasteiger partial charge on any atom is -0.463 e. The molecule has 1 fully saturated rings. The molecule has 6 nitrogen and oxygen atoms in total. The van der Waals surface area contributed by atoms with Crippen LogP contribution in [0.1, 0.15) is 54.3 Å². The number of rotatable bonds is 9. The molecule has 2 heterocycles. The summed E-state index contributed by atoms with van der Waals surface area (Å²) in [6.07, 6.45) is -0.456. The van der Waals surface area contributed by atoms with Gasteiger partial charge in [0.1, 0.15) is 29.7 Å². The zero-order valence-electron chi connectivity index (χ0n) is 23.8. The summed E-state index contributed by atoms with van der Waals surface area (Å²) in [4.78, 5) is 12.9. The Hall–Kier alpha value is -3.72. The van der Waals surface area contributed by atoms with E-state index in [0.29, 0.717) is 17.1 Å². The van der Waals surface area contributed by atoms with E-state index in [0.717, 1.165) is 5.56 Å². The summed E-state index contributed by atoms with van der Waals surface area (Å²) >= 11 is 5.42. The lowest BCUT2D eigenvalue weighted by Gasteiger charge is -2.43. The Morgan fingerprint density at radius 3 is 2.05 bits per heavy atom. The third-order valence-corrected chi connectivity index (χ3v) is 12.7. The molecule has 2 atom stereocenters. The molecule has 1 aliphatic heterocycles. The van der Waals surface area contributed by atoms with Gasteiger partial charge in [-0.2, -0.15) is 0 Å². The largest absolute Gasteiger partial charge is 0.463 e. The number of aryl methyl sites for hydroxylation is 1. The molecule has 3 aromatic carbocycles. The normalized spacial score (nSPS) is 17.1. The molecule has 5 rings (SSSR count). The molecule has 0 spiro atoms. The molecule has 1 N–H and O–H groups in total. The van der Waals surface area contributed by atoms with E-state index in [2.05, 4.69) is 74.6 Å². The van der Waals surface area contributed by atoms with Gasteiger partial charge in [0.05, 0.1) is 6.61 Å². The van der Waals surface area contributed by atoms with Gasteiger partial charge in [0.2, 0.25) is 0 Å². The Balaban J connectivity index is 1.40.